The van der Waals surface area contributed by atoms with E-state index < -0.39 is 35.0 Å². The number of thioether (sulfide) groups is 3. The van der Waals surface area contributed by atoms with Crippen LogP contribution in [0.4, 0.5) is 0 Å². The fourth-order valence-electron chi connectivity index (χ4n) is 12.8. The van der Waals surface area contributed by atoms with Crippen molar-refractivity contribution < 1.29 is 28.6 Å². The van der Waals surface area contributed by atoms with E-state index in [4.69, 9.17) is 14.2 Å². The smallest absolute Gasteiger partial charge is 0.336 e. The van der Waals surface area contributed by atoms with Crippen molar-refractivity contribution in [1.82, 2.24) is 13.7 Å². The summed E-state index contributed by atoms with van der Waals surface area (Å²) in [7, 11) is 0. The van der Waals surface area contributed by atoms with Gasteiger partial charge in [0.05, 0.1) is 19.6 Å². The Morgan fingerprint density at radius 2 is 0.375 bits per heavy atom. The Morgan fingerprint density at radius 3 is 0.542 bits per heavy atom. The number of hydrogen-bond acceptors (Lipinski definition) is 12. The van der Waals surface area contributed by atoms with Crippen LogP contribution in [0.1, 0.15) is 406 Å². The predicted molar refractivity (Wildman–Crippen MR) is 418 cm³/mol. The van der Waals surface area contributed by atoms with E-state index >= 15 is 0 Å². The lowest BCUT2D eigenvalue weighted by atomic mass is 10.0. The van der Waals surface area contributed by atoms with Gasteiger partial charge in [-0.3, -0.25) is 14.4 Å². The van der Waals surface area contributed by atoms with Crippen molar-refractivity contribution >= 4 is 53.2 Å². The van der Waals surface area contributed by atoms with Crippen LogP contribution >= 0.6 is 35.3 Å². The number of unbranched alkanes of at least 4 members (excludes halogenated alkanes) is 51. The Morgan fingerprint density at radius 1 is 0.229 bits per heavy atom. The van der Waals surface area contributed by atoms with Crippen molar-refractivity contribution in [3.63, 3.8) is 0 Å². The van der Waals surface area contributed by atoms with Gasteiger partial charge in [-0.1, -0.05) is 348 Å². The molecule has 1 aromatic rings. The summed E-state index contributed by atoms with van der Waals surface area (Å²) < 4.78 is 19.1. The molecule has 1 aromatic heterocycles. The number of carbonyl (C=O) groups is 3. The standard InChI is InChI=1S/C81H153N3O9S3/c1-4-7-10-13-16-19-22-25-28-31-34-37-40-43-46-49-52-55-70-94-73-58-61-76(85)91-67-64-82-79(88)83(65-68-92-77(86)62-59-74-95-71-56-53-50-47-44-41-38-35-32-29-26-23-20-17-14-11-8-5-2)81(90)84(80(82)89)66-69-93-78(87)63-60-75-96-72-57-54-51-48-45-42-39-36-33-30-27-24-21-18-15-12-9-6-3/h4-75H2,1-3H3. The molecular formula is C81H153N3O9S3. The maximum absolute atomic E-state index is 13.8. The van der Waals surface area contributed by atoms with Crippen LogP contribution < -0.4 is 17.1 Å². The van der Waals surface area contributed by atoms with E-state index in [1.165, 1.54) is 347 Å². The first-order valence-corrected chi connectivity index (χ1v) is 44.9. The van der Waals surface area contributed by atoms with E-state index in [1.54, 1.807) is 0 Å². The van der Waals surface area contributed by atoms with E-state index in [2.05, 4.69) is 20.8 Å². The first-order valence-electron chi connectivity index (χ1n) is 41.4. The van der Waals surface area contributed by atoms with Crippen molar-refractivity contribution in [3.05, 3.63) is 31.5 Å². The van der Waals surface area contributed by atoms with Gasteiger partial charge in [-0.2, -0.15) is 35.3 Å². The molecule has 0 radical (unpaired) electrons. The molecule has 0 unspecified atom stereocenters. The van der Waals surface area contributed by atoms with Crippen molar-refractivity contribution in [2.75, 3.05) is 54.3 Å². The number of ether oxygens (including phenoxy) is 3. The molecule has 96 heavy (non-hydrogen) atoms. The molecule has 1 heterocycles. The highest BCUT2D eigenvalue weighted by Crippen LogP contribution is 2.20. The van der Waals surface area contributed by atoms with Crippen LogP contribution in [0.5, 0.6) is 0 Å². The van der Waals surface area contributed by atoms with Gasteiger partial charge in [0, 0.05) is 19.3 Å². The molecule has 12 nitrogen and oxygen atoms in total. The number of hydrogen-bond donors (Lipinski definition) is 0. The van der Waals surface area contributed by atoms with Crippen LogP contribution in [-0.2, 0) is 48.2 Å². The molecule has 0 atom stereocenters. The third-order valence-corrected chi connectivity index (χ3v) is 22.5. The zero-order valence-electron chi connectivity index (χ0n) is 63.2. The number of rotatable bonds is 78. The minimum absolute atomic E-state index is 0.224. The molecule has 15 heteroatoms. The fourth-order valence-corrected chi connectivity index (χ4v) is 15.7. The SMILES string of the molecule is CCCCCCCCCCCCCCCCCCCCSCCCC(=O)OCCn1c(=O)n(CCOC(=O)CCCSCCCCCCCCCCCCCCCCCCCC)c(=O)n(CCOC(=O)CCCSCCCCCCCCCCCCCCCCCCCC)c1=O. The highest BCUT2D eigenvalue weighted by atomic mass is 32.2. The third-order valence-electron chi connectivity index (χ3n) is 19.1. The van der Waals surface area contributed by atoms with Gasteiger partial charge in [-0.05, 0) is 73.0 Å². The molecule has 0 aromatic carbocycles. The molecule has 0 bridgehead atoms. The summed E-state index contributed by atoms with van der Waals surface area (Å²) in [6, 6.07) is 0. The maximum atomic E-state index is 13.8. The predicted octanol–water partition coefficient (Wildman–Crippen LogP) is 23.5. The average molecular weight is 1410 g/mol. The Balaban J connectivity index is 2.45. The molecule has 1 rings (SSSR count). The third kappa shape index (κ3) is 60.6. The summed E-state index contributed by atoms with van der Waals surface area (Å²) in [6.07, 6.45) is 76.4. The molecule has 0 aliphatic heterocycles. The summed E-state index contributed by atoms with van der Waals surface area (Å²) in [6.45, 7) is 5.40. The lowest BCUT2D eigenvalue weighted by Gasteiger charge is -2.14. The van der Waals surface area contributed by atoms with Crippen LogP contribution in [0.2, 0.25) is 0 Å². The van der Waals surface area contributed by atoms with Crippen molar-refractivity contribution in [2.45, 2.75) is 426 Å². The van der Waals surface area contributed by atoms with E-state index in [-0.39, 0.29) is 58.7 Å². The van der Waals surface area contributed by atoms with Crippen LogP contribution in [0.3, 0.4) is 0 Å². The van der Waals surface area contributed by atoms with E-state index in [9.17, 15) is 28.8 Å². The molecule has 564 valence electrons. The Bertz CT molecular complexity index is 1790. The number of esters is 3. The minimum Gasteiger partial charge on any atom is -0.464 e. The van der Waals surface area contributed by atoms with Gasteiger partial charge in [-0.15, -0.1) is 0 Å². The quantitative estimate of drug-likeness (QED) is 0.0348. The van der Waals surface area contributed by atoms with Crippen molar-refractivity contribution in [3.8, 4) is 0 Å². The van der Waals surface area contributed by atoms with Crippen LogP contribution in [-0.4, -0.2) is 85.9 Å². The first kappa shape index (κ1) is 91.9. The van der Waals surface area contributed by atoms with Crippen molar-refractivity contribution in [1.29, 1.82) is 0 Å². The molecule has 0 fully saturated rings. The lowest BCUT2D eigenvalue weighted by molar-refractivity contribution is -0.144. The highest BCUT2D eigenvalue weighted by molar-refractivity contribution is 7.99. The van der Waals surface area contributed by atoms with Gasteiger partial charge in [0.2, 0.25) is 0 Å². The summed E-state index contributed by atoms with van der Waals surface area (Å²) in [5.41, 5.74) is -2.63. The molecule has 0 aliphatic rings. The second kappa shape index (κ2) is 74.1. The normalized spacial score (nSPS) is 11.5. The van der Waals surface area contributed by atoms with Gasteiger partial charge in [-0.25, -0.2) is 28.1 Å². The summed E-state index contributed by atoms with van der Waals surface area (Å²) in [5, 5.41) is 0. The lowest BCUT2D eigenvalue weighted by Crippen LogP contribution is -2.55. The number of nitrogens with zero attached hydrogens (tertiary/aromatic N) is 3. The summed E-state index contributed by atoms with van der Waals surface area (Å²) in [5.74, 6) is 4.59. The Labute approximate surface area is 603 Å². The molecule has 0 spiro atoms. The molecule has 0 N–H and O–H groups in total. The Kier molecular flexibility index (Phi) is 70.9. The maximum Gasteiger partial charge on any atom is 0.336 e. The summed E-state index contributed by atoms with van der Waals surface area (Å²) in [4.78, 5) is 79.6. The molecule has 0 saturated carbocycles. The minimum atomic E-state index is -0.875. The zero-order valence-corrected chi connectivity index (χ0v) is 65.6. The second-order valence-corrected chi connectivity index (χ2v) is 31.8. The molecule has 0 amide bonds. The first-order chi connectivity index (χ1) is 47.3. The van der Waals surface area contributed by atoms with E-state index in [1.807, 2.05) is 35.3 Å². The molecular weight excluding hydrogens is 1260 g/mol. The number of carbonyl (C=O) groups excluding carboxylic acids is 3. The van der Waals surface area contributed by atoms with Crippen LogP contribution in [0.25, 0.3) is 0 Å². The largest absolute Gasteiger partial charge is 0.464 e. The van der Waals surface area contributed by atoms with E-state index in [0.29, 0.717) is 19.3 Å². The van der Waals surface area contributed by atoms with Gasteiger partial charge in [0.15, 0.2) is 0 Å². The molecule has 0 saturated heterocycles. The highest BCUT2D eigenvalue weighted by Gasteiger charge is 2.18. The van der Waals surface area contributed by atoms with Gasteiger partial charge < -0.3 is 14.2 Å². The monoisotopic (exact) mass is 1410 g/mol. The summed E-state index contributed by atoms with van der Waals surface area (Å²) >= 11 is 5.59. The zero-order chi connectivity index (χ0) is 69.4. The number of aromatic nitrogens is 3. The van der Waals surface area contributed by atoms with Crippen LogP contribution in [0, 0.1) is 0 Å². The Hall–Kier alpha value is -2.13. The van der Waals surface area contributed by atoms with Gasteiger partial charge in [0.25, 0.3) is 0 Å². The van der Waals surface area contributed by atoms with Gasteiger partial charge in [0.1, 0.15) is 19.8 Å². The van der Waals surface area contributed by atoms with Gasteiger partial charge >= 0.3 is 35.0 Å². The van der Waals surface area contributed by atoms with Crippen molar-refractivity contribution in [2.24, 2.45) is 0 Å². The van der Waals surface area contributed by atoms with E-state index in [0.717, 1.165) is 48.2 Å². The average Bonchev–Trinajstić information content (AvgIpc) is 0.790. The fraction of sp³-hybridized carbons (Fsp3) is 0.926. The topological polar surface area (TPSA) is 145 Å². The molecule has 0 aliphatic carbocycles. The second-order valence-electron chi connectivity index (χ2n) is 28.1. The van der Waals surface area contributed by atoms with Crippen LogP contribution in [0.15, 0.2) is 14.4 Å².